The number of benzene rings is 2. The van der Waals surface area contributed by atoms with Crippen molar-refractivity contribution in [2.75, 3.05) is 7.11 Å². The van der Waals surface area contributed by atoms with Crippen molar-refractivity contribution in [3.8, 4) is 29.2 Å². The van der Waals surface area contributed by atoms with Gasteiger partial charge in [-0.25, -0.2) is 0 Å². The number of hydrogen-bond acceptors (Lipinski definition) is 2. The highest BCUT2D eigenvalue weighted by Gasteiger charge is 2.10. The molecule has 0 radical (unpaired) electrons. The molecule has 0 aliphatic carbocycles. The first-order chi connectivity index (χ1) is 10.7. The standard InChI is InChI=1S/C20H17NO/c1-4-14(2)16-10-17(12-18(11-16)22-3)19-7-5-6-15-13-21-9-8-20(15)19/h1,5-14H,2-3H3. The van der Waals surface area contributed by atoms with Crippen LogP contribution in [0.4, 0.5) is 0 Å². The zero-order chi connectivity index (χ0) is 15.5. The minimum atomic E-state index is 0.0468. The maximum atomic E-state index is 5.58. The van der Waals surface area contributed by atoms with Gasteiger partial charge in [0.2, 0.25) is 0 Å². The van der Waals surface area contributed by atoms with Crippen LogP contribution in [-0.2, 0) is 0 Å². The van der Waals surface area contributed by atoms with Gasteiger partial charge in [-0.2, -0.15) is 0 Å². The number of terminal acetylenes is 1. The Bertz CT molecular complexity index is 856. The third kappa shape index (κ3) is 2.54. The summed E-state index contributed by atoms with van der Waals surface area (Å²) in [5, 5.41) is 2.29. The Morgan fingerprint density at radius 2 is 2.05 bits per heavy atom. The number of nitrogens with zero attached hydrogens (tertiary/aromatic N) is 1. The molecule has 1 unspecified atom stereocenters. The minimum Gasteiger partial charge on any atom is -0.497 e. The molecule has 0 spiro atoms. The molecule has 0 fully saturated rings. The van der Waals surface area contributed by atoms with E-state index in [0.29, 0.717) is 0 Å². The van der Waals surface area contributed by atoms with Crippen molar-refractivity contribution in [3.05, 3.63) is 60.4 Å². The van der Waals surface area contributed by atoms with Crippen LogP contribution in [-0.4, -0.2) is 12.1 Å². The highest BCUT2D eigenvalue weighted by atomic mass is 16.5. The lowest BCUT2D eigenvalue weighted by Gasteiger charge is -2.13. The average molecular weight is 287 g/mol. The van der Waals surface area contributed by atoms with Gasteiger partial charge in [-0.1, -0.05) is 24.1 Å². The molecule has 0 N–H and O–H groups in total. The zero-order valence-corrected chi connectivity index (χ0v) is 12.7. The second-order valence-corrected chi connectivity index (χ2v) is 5.29. The van der Waals surface area contributed by atoms with Crippen molar-refractivity contribution in [2.24, 2.45) is 0 Å². The van der Waals surface area contributed by atoms with E-state index in [1.54, 1.807) is 7.11 Å². The SMILES string of the molecule is C#CC(C)c1cc(OC)cc(-c2cccc3cnccc23)c1. The van der Waals surface area contributed by atoms with Gasteiger partial charge < -0.3 is 4.74 Å². The number of ether oxygens (including phenoxy) is 1. The molecule has 0 amide bonds. The van der Waals surface area contributed by atoms with Gasteiger partial charge in [-0.05, 0) is 53.3 Å². The summed E-state index contributed by atoms with van der Waals surface area (Å²) in [6, 6.07) is 14.4. The second kappa shape index (κ2) is 5.91. The fourth-order valence-corrected chi connectivity index (χ4v) is 2.62. The van der Waals surface area contributed by atoms with E-state index in [2.05, 4.69) is 29.1 Å². The average Bonchev–Trinajstić information content (AvgIpc) is 2.60. The Balaban J connectivity index is 2.24. The Morgan fingerprint density at radius 3 is 2.82 bits per heavy atom. The van der Waals surface area contributed by atoms with Crippen LogP contribution in [0.3, 0.4) is 0 Å². The van der Waals surface area contributed by atoms with E-state index < -0.39 is 0 Å². The fraction of sp³-hybridized carbons (Fsp3) is 0.150. The largest absolute Gasteiger partial charge is 0.497 e. The Hall–Kier alpha value is -2.79. The highest BCUT2D eigenvalue weighted by Crippen LogP contribution is 2.33. The summed E-state index contributed by atoms with van der Waals surface area (Å²) in [5.41, 5.74) is 3.35. The van der Waals surface area contributed by atoms with Gasteiger partial charge in [0.15, 0.2) is 0 Å². The van der Waals surface area contributed by atoms with E-state index in [4.69, 9.17) is 11.2 Å². The Kier molecular flexibility index (Phi) is 3.80. The van der Waals surface area contributed by atoms with Gasteiger partial charge in [-0.15, -0.1) is 6.42 Å². The molecule has 108 valence electrons. The van der Waals surface area contributed by atoms with Crippen molar-refractivity contribution in [2.45, 2.75) is 12.8 Å². The van der Waals surface area contributed by atoms with Gasteiger partial charge in [0, 0.05) is 23.7 Å². The van der Waals surface area contributed by atoms with E-state index in [1.165, 1.54) is 5.39 Å². The molecule has 0 saturated carbocycles. The molecular formula is C20H17NO. The van der Waals surface area contributed by atoms with Crippen molar-refractivity contribution in [1.29, 1.82) is 0 Å². The highest BCUT2D eigenvalue weighted by molar-refractivity contribution is 5.96. The molecule has 1 aromatic heterocycles. The van der Waals surface area contributed by atoms with Crippen molar-refractivity contribution in [1.82, 2.24) is 4.98 Å². The third-order valence-electron chi connectivity index (χ3n) is 3.91. The van der Waals surface area contributed by atoms with Gasteiger partial charge in [0.25, 0.3) is 0 Å². The van der Waals surface area contributed by atoms with Crippen molar-refractivity contribution >= 4 is 10.8 Å². The summed E-state index contributed by atoms with van der Waals surface area (Å²) >= 11 is 0. The van der Waals surface area contributed by atoms with Gasteiger partial charge in [0.1, 0.15) is 5.75 Å². The van der Waals surface area contributed by atoms with E-state index >= 15 is 0 Å². The molecule has 2 nitrogen and oxygen atoms in total. The maximum absolute atomic E-state index is 5.58. The minimum absolute atomic E-state index is 0.0468. The monoisotopic (exact) mass is 287 g/mol. The van der Waals surface area contributed by atoms with Gasteiger partial charge in [-0.3, -0.25) is 4.98 Å². The summed E-state index contributed by atoms with van der Waals surface area (Å²) in [6.45, 7) is 2.02. The third-order valence-corrected chi connectivity index (χ3v) is 3.91. The summed E-state index contributed by atoms with van der Waals surface area (Å²) < 4.78 is 5.44. The van der Waals surface area contributed by atoms with E-state index in [0.717, 1.165) is 27.8 Å². The van der Waals surface area contributed by atoms with Gasteiger partial charge >= 0.3 is 0 Å². The van der Waals surface area contributed by atoms with Crippen LogP contribution < -0.4 is 4.74 Å². The molecular weight excluding hydrogens is 270 g/mol. The van der Waals surface area contributed by atoms with E-state index in [9.17, 15) is 0 Å². The quantitative estimate of drug-likeness (QED) is 0.654. The number of rotatable bonds is 3. The van der Waals surface area contributed by atoms with Crippen LogP contribution >= 0.6 is 0 Å². The topological polar surface area (TPSA) is 22.1 Å². The summed E-state index contributed by atoms with van der Waals surface area (Å²) in [7, 11) is 1.68. The molecule has 0 bridgehead atoms. The summed E-state index contributed by atoms with van der Waals surface area (Å²) in [6.07, 6.45) is 9.27. The Labute approximate surface area is 130 Å². The first-order valence-electron chi connectivity index (χ1n) is 7.21. The normalized spacial score (nSPS) is 11.9. The second-order valence-electron chi connectivity index (χ2n) is 5.29. The van der Waals surface area contributed by atoms with Crippen LogP contribution in [0.15, 0.2) is 54.9 Å². The lowest BCUT2D eigenvalue weighted by Crippen LogP contribution is -1.93. The lowest BCUT2D eigenvalue weighted by atomic mass is 9.94. The molecule has 1 atom stereocenters. The molecule has 1 heterocycles. The fourth-order valence-electron chi connectivity index (χ4n) is 2.62. The van der Waals surface area contributed by atoms with Crippen molar-refractivity contribution < 1.29 is 4.74 Å². The smallest absolute Gasteiger partial charge is 0.119 e. The summed E-state index contributed by atoms with van der Waals surface area (Å²) in [4.78, 5) is 4.19. The predicted molar refractivity (Wildman–Crippen MR) is 91.0 cm³/mol. The van der Waals surface area contributed by atoms with Crippen LogP contribution in [0.2, 0.25) is 0 Å². The van der Waals surface area contributed by atoms with E-state index in [1.807, 2.05) is 43.6 Å². The van der Waals surface area contributed by atoms with Crippen LogP contribution in [0.1, 0.15) is 18.4 Å². The molecule has 2 heteroatoms. The molecule has 0 aliphatic heterocycles. The Morgan fingerprint density at radius 1 is 1.18 bits per heavy atom. The first-order valence-corrected chi connectivity index (χ1v) is 7.21. The molecule has 2 aromatic carbocycles. The maximum Gasteiger partial charge on any atom is 0.119 e. The lowest BCUT2D eigenvalue weighted by molar-refractivity contribution is 0.414. The molecule has 22 heavy (non-hydrogen) atoms. The zero-order valence-electron chi connectivity index (χ0n) is 12.7. The van der Waals surface area contributed by atoms with Crippen LogP contribution in [0.5, 0.6) is 5.75 Å². The van der Waals surface area contributed by atoms with Crippen molar-refractivity contribution in [3.63, 3.8) is 0 Å². The molecule has 0 saturated heterocycles. The molecule has 0 aliphatic rings. The first kappa shape index (κ1) is 14.2. The number of methoxy groups -OCH3 is 1. The van der Waals surface area contributed by atoms with Gasteiger partial charge in [0.05, 0.1) is 7.11 Å². The van der Waals surface area contributed by atoms with E-state index in [-0.39, 0.29) is 5.92 Å². The molecule has 3 aromatic rings. The number of aromatic nitrogens is 1. The number of hydrogen-bond donors (Lipinski definition) is 0. The van der Waals surface area contributed by atoms with Crippen LogP contribution in [0.25, 0.3) is 21.9 Å². The van der Waals surface area contributed by atoms with Crippen LogP contribution in [0, 0.1) is 12.3 Å². The number of pyridine rings is 1. The predicted octanol–water partition coefficient (Wildman–Crippen LogP) is 4.65. The molecule has 3 rings (SSSR count). The number of fused-ring (bicyclic) bond motifs is 1. The summed E-state index contributed by atoms with van der Waals surface area (Å²) in [5.74, 6) is 3.65.